The van der Waals surface area contributed by atoms with Crippen molar-refractivity contribution >= 4 is 17.4 Å². The largest absolute Gasteiger partial charge is 0.388 e. The van der Waals surface area contributed by atoms with E-state index < -0.39 is 5.82 Å². The lowest BCUT2D eigenvalue weighted by atomic mass is 10.3. The van der Waals surface area contributed by atoms with Gasteiger partial charge in [0, 0.05) is 19.9 Å². The number of nitrogens with one attached hydrogen (secondary N) is 1. The Morgan fingerprint density at radius 2 is 2.11 bits per heavy atom. The molecule has 0 saturated heterocycles. The molecule has 1 N–H and O–H groups in total. The summed E-state index contributed by atoms with van der Waals surface area (Å²) in [7, 11) is 3.25. The van der Waals surface area contributed by atoms with Crippen molar-refractivity contribution < 1.29 is 9.13 Å². The predicted octanol–water partition coefficient (Wildman–Crippen LogP) is 3.34. The number of hydrogen-bond donors (Lipinski definition) is 1. The summed E-state index contributed by atoms with van der Waals surface area (Å²) in [6.07, 6.45) is 11.4. The van der Waals surface area contributed by atoms with Crippen molar-refractivity contribution in [2.45, 2.75) is 6.42 Å². The first-order valence-electron chi connectivity index (χ1n) is 5.56. The molecular formula is C13H15ClFN3O. The minimum absolute atomic E-state index is 0.0117. The summed E-state index contributed by atoms with van der Waals surface area (Å²) >= 11 is 5.59. The number of allylic oxidation sites excluding steroid dienone is 5. The lowest BCUT2D eigenvalue weighted by molar-refractivity contribution is 0.277. The molecular weight excluding hydrogens is 269 g/mol. The molecule has 4 nitrogen and oxygen atoms in total. The fraction of sp³-hybridized carbons (Fsp3) is 0.231. The summed E-state index contributed by atoms with van der Waals surface area (Å²) in [4.78, 5) is 7.31. The summed E-state index contributed by atoms with van der Waals surface area (Å²) in [5.74, 6) is -0.460. The van der Waals surface area contributed by atoms with Crippen molar-refractivity contribution in [2.24, 2.45) is 0 Å². The van der Waals surface area contributed by atoms with Gasteiger partial charge in [0.25, 0.3) is 0 Å². The van der Waals surface area contributed by atoms with Crippen LogP contribution in [-0.4, -0.2) is 24.2 Å². The Balaban J connectivity index is 0.000000550. The molecule has 1 aliphatic rings. The van der Waals surface area contributed by atoms with Gasteiger partial charge in [-0.3, -0.25) is 0 Å². The van der Waals surface area contributed by atoms with Crippen LogP contribution in [0.25, 0.3) is 0 Å². The Kier molecular flexibility index (Phi) is 6.78. The maximum absolute atomic E-state index is 13.3. The molecule has 6 heteroatoms. The first-order chi connectivity index (χ1) is 9.17. The summed E-state index contributed by atoms with van der Waals surface area (Å²) in [5.41, 5.74) is 0.752. The lowest BCUT2D eigenvalue weighted by Crippen LogP contribution is -2.02. The highest BCUT2D eigenvalue weighted by Crippen LogP contribution is 2.15. The molecule has 0 radical (unpaired) electrons. The third kappa shape index (κ3) is 5.63. The fourth-order valence-electron chi connectivity index (χ4n) is 1.23. The van der Waals surface area contributed by atoms with Gasteiger partial charge in [-0.25, -0.2) is 9.37 Å². The number of ether oxygens (including phenoxy) is 1. The van der Waals surface area contributed by atoms with Crippen molar-refractivity contribution in [3.8, 4) is 0 Å². The van der Waals surface area contributed by atoms with Crippen molar-refractivity contribution in [2.75, 3.05) is 19.5 Å². The van der Waals surface area contributed by atoms with Gasteiger partial charge in [-0.1, -0.05) is 18.2 Å². The summed E-state index contributed by atoms with van der Waals surface area (Å²) in [6, 6.07) is 0. The third-order valence-electron chi connectivity index (χ3n) is 1.96. The minimum atomic E-state index is -0.535. The molecule has 19 heavy (non-hydrogen) atoms. The molecule has 0 aromatic carbocycles. The SMILES string of the molecule is COC.Fc1cnc(Cl)nc1NC1=CC=CCC=C1. The van der Waals surface area contributed by atoms with E-state index in [1.165, 1.54) is 0 Å². The average Bonchev–Trinajstić information content (AvgIpc) is 2.63. The fourth-order valence-corrected chi connectivity index (χ4v) is 1.37. The van der Waals surface area contributed by atoms with E-state index in [2.05, 4.69) is 20.0 Å². The van der Waals surface area contributed by atoms with Crippen molar-refractivity contribution in [3.63, 3.8) is 0 Å². The normalized spacial score (nSPS) is 13.2. The molecule has 1 aliphatic carbocycles. The van der Waals surface area contributed by atoms with Gasteiger partial charge in [0.2, 0.25) is 5.28 Å². The summed E-state index contributed by atoms with van der Waals surface area (Å²) in [6.45, 7) is 0. The molecule has 0 spiro atoms. The molecule has 0 aliphatic heterocycles. The number of rotatable bonds is 2. The topological polar surface area (TPSA) is 47.0 Å². The molecule has 0 atom stereocenters. The van der Waals surface area contributed by atoms with Gasteiger partial charge >= 0.3 is 0 Å². The number of methoxy groups -OCH3 is 1. The zero-order chi connectivity index (χ0) is 14.1. The van der Waals surface area contributed by atoms with Crippen LogP contribution in [-0.2, 0) is 4.74 Å². The Morgan fingerprint density at radius 3 is 2.84 bits per heavy atom. The van der Waals surface area contributed by atoms with E-state index in [0.717, 1.165) is 18.3 Å². The van der Waals surface area contributed by atoms with Crippen LogP contribution in [0.15, 0.2) is 42.3 Å². The zero-order valence-electron chi connectivity index (χ0n) is 10.7. The van der Waals surface area contributed by atoms with E-state index in [4.69, 9.17) is 11.6 Å². The highest BCUT2D eigenvalue weighted by molar-refractivity contribution is 6.28. The number of nitrogens with zero attached hydrogens (tertiary/aromatic N) is 2. The highest BCUT2D eigenvalue weighted by atomic mass is 35.5. The van der Waals surface area contributed by atoms with Crippen molar-refractivity contribution in [1.82, 2.24) is 9.97 Å². The number of aromatic nitrogens is 2. The zero-order valence-corrected chi connectivity index (χ0v) is 11.5. The van der Waals surface area contributed by atoms with Gasteiger partial charge in [0.1, 0.15) is 0 Å². The van der Waals surface area contributed by atoms with Crippen LogP contribution in [0.3, 0.4) is 0 Å². The molecule has 0 unspecified atom stereocenters. The van der Waals surface area contributed by atoms with E-state index in [-0.39, 0.29) is 11.1 Å². The van der Waals surface area contributed by atoms with Gasteiger partial charge in [-0.15, -0.1) is 0 Å². The van der Waals surface area contributed by atoms with Crippen molar-refractivity contribution in [1.29, 1.82) is 0 Å². The molecule has 102 valence electrons. The Morgan fingerprint density at radius 1 is 1.37 bits per heavy atom. The smallest absolute Gasteiger partial charge is 0.224 e. The molecule has 1 aromatic heterocycles. The summed E-state index contributed by atoms with van der Waals surface area (Å²) in [5, 5.41) is 2.85. The number of hydrogen-bond acceptors (Lipinski definition) is 4. The molecule has 0 bridgehead atoms. The minimum Gasteiger partial charge on any atom is -0.388 e. The quantitative estimate of drug-likeness (QED) is 0.846. The van der Waals surface area contributed by atoms with Gasteiger partial charge in [-0.05, 0) is 30.2 Å². The van der Waals surface area contributed by atoms with E-state index >= 15 is 0 Å². The van der Waals surface area contributed by atoms with Crippen LogP contribution in [0.5, 0.6) is 0 Å². The first-order valence-corrected chi connectivity index (χ1v) is 5.93. The molecule has 2 rings (SSSR count). The van der Waals surface area contributed by atoms with Crippen LogP contribution in [0.4, 0.5) is 10.2 Å². The predicted molar refractivity (Wildman–Crippen MR) is 74.5 cm³/mol. The third-order valence-corrected chi connectivity index (χ3v) is 2.14. The highest BCUT2D eigenvalue weighted by Gasteiger charge is 2.06. The molecule has 0 amide bonds. The first kappa shape index (κ1) is 15.3. The van der Waals surface area contributed by atoms with Crippen LogP contribution < -0.4 is 5.32 Å². The van der Waals surface area contributed by atoms with E-state index in [1.807, 2.05) is 30.4 Å². The monoisotopic (exact) mass is 283 g/mol. The van der Waals surface area contributed by atoms with E-state index in [0.29, 0.717) is 0 Å². The average molecular weight is 284 g/mol. The lowest BCUT2D eigenvalue weighted by Gasteiger charge is -2.06. The molecule has 1 aromatic rings. The molecule has 1 heterocycles. The van der Waals surface area contributed by atoms with Gasteiger partial charge in [-0.2, -0.15) is 4.98 Å². The number of halogens is 2. The van der Waals surface area contributed by atoms with Crippen LogP contribution in [0, 0.1) is 5.82 Å². The Hall–Kier alpha value is -1.72. The second kappa shape index (κ2) is 8.39. The second-order valence-electron chi connectivity index (χ2n) is 3.56. The maximum atomic E-state index is 13.3. The van der Waals surface area contributed by atoms with Crippen molar-refractivity contribution in [3.05, 3.63) is 53.4 Å². The number of anilines is 1. The van der Waals surface area contributed by atoms with Gasteiger partial charge in [0.15, 0.2) is 11.6 Å². The van der Waals surface area contributed by atoms with Gasteiger partial charge in [0.05, 0.1) is 6.20 Å². The Bertz CT molecular complexity index is 501. The van der Waals surface area contributed by atoms with Crippen LogP contribution in [0.1, 0.15) is 6.42 Å². The second-order valence-corrected chi connectivity index (χ2v) is 3.90. The summed E-state index contributed by atoms with van der Waals surface area (Å²) < 4.78 is 17.6. The van der Waals surface area contributed by atoms with E-state index in [9.17, 15) is 4.39 Å². The maximum Gasteiger partial charge on any atom is 0.224 e. The molecule has 0 fully saturated rings. The van der Waals surface area contributed by atoms with E-state index in [1.54, 1.807) is 14.2 Å². The van der Waals surface area contributed by atoms with Gasteiger partial charge < -0.3 is 10.1 Å². The molecule has 0 saturated carbocycles. The Labute approximate surface area is 116 Å². The van der Waals surface area contributed by atoms with Crippen LogP contribution in [0.2, 0.25) is 5.28 Å². The standard InChI is InChI=1S/C11H9ClFN3.C2H6O/c12-11-14-7-9(13)10(16-11)15-8-5-3-1-2-4-6-8;1-3-2/h1,3-7H,2H2,(H,14,15,16);1-2H3. The van der Waals surface area contributed by atoms with Crippen LogP contribution >= 0.6 is 11.6 Å².